The first-order valence-corrected chi connectivity index (χ1v) is 8.00. The number of hydrogen-bond donors (Lipinski definition) is 1. The van der Waals surface area contributed by atoms with Gasteiger partial charge in [0.2, 0.25) is 0 Å². The van der Waals surface area contributed by atoms with E-state index >= 15 is 0 Å². The first-order valence-electron chi connectivity index (χ1n) is 8.00. The zero-order chi connectivity index (χ0) is 13.2. The highest BCUT2D eigenvalue weighted by Crippen LogP contribution is 2.39. The lowest BCUT2D eigenvalue weighted by molar-refractivity contribution is 0.152. The van der Waals surface area contributed by atoms with Crippen molar-refractivity contribution in [3.63, 3.8) is 0 Å². The fraction of sp³-hybridized carbons (Fsp3) is 1.00. The van der Waals surface area contributed by atoms with Gasteiger partial charge in [0.25, 0.3) is 0 Å². The topological polar surface area (TPSA) is 15.3 Å². The van der Waals surface area contributed by atoms with Crippen LogP contribution in [0.5, 0.6) is 0 Å². The Morgan fingerprint density at radius 3 is 2.50 bits per heavy atom. The van der Waals surface area contributed by atoms with E-state index in [0.29, 0.717) is 11.5 Å². The molecule has 18 heavy (non-hydrogen) atoms. The molecular weight excluding hydrogens is 220 g/mol. The summed E-state index contributed by atoms with van der Waals surface area (Å²) in [7, 11) is 0. The second-order valence-electron chi connectivity index (χ2n) is 7.35. The molecule has 0 bridgehead atoms. The minimum absolute atomic E-state index is 0.584. The number of hydrogen-bond acceptors (Lipinski definition) is 2. The minimum atomic E-state index is 0.584. The van der Waals surface area contributed by atoms with E-state index in [4.69, 9.17) is 0 Å². The summed E-state index contributed by atoms with van der Waals surface area (Å²) in [6, 6.07) is 2.28. The average molecular weight is 252 g/mol. The van der Waals surface area contributed by atoms with Crippen LogP contribution in [0.2, 0.25) is 0 Å². The number of nitrogens with one attached hydrogen (secondary N) is 1. The SMILES string of the molecule is CCC1CCN(C2CCC(C)(C)C2)CCC(C)N1. The van der Waals surface area contributed by atoms with E-state index in [-0.39, 0.29) is 0 Å². The van der Waals surface area contributed by atoms with Gasteiger partial charge >= 0.3 is 0 Å². The second kappa shape index (κ2) is 5.92. The van der Waals surface area contributed by atoms with Gasteiger partial charge in [0.05, 0.1) is 0 Å². The zero-order valence-corrected chi connectivity index (χ0v) is 12.8. The molecule has 1 N–H and O–H groups in total. The highest BCUT2D eigenvalue weighted by atomic mass is 15.2. The highest BCUT2D eigenvalue weighted by molar-refractivity contribution is 4.89. The standard InChI is InChI=1S/C16H32N2/c1-5-14-8-11-18(10-7-13(2)17-14)15-6-9-16(3,4)12-15/h13-15,17H,5-12H2,1-4H3. The third kappa shape index (κ3) is 3.71. The number of nitrogens with zero attached hydrogens (tertiary/aromatic N) is 1. The van der Waals surface area contributed by atoms with E-state index in [2.05, 4.69) is 37.9 Å². The quantitative estimate of drug-likeness (QED) is 0.810. The van der Waals surface area contributed by atoms with Crippen LogP contribution >= 0.6 is 0 Å². The Bertz CT molecular complexity index is 262. The van der Waals surface area contributed by atoms with E-state index < -0.39 is 0 Å². The van der Waals surface area contributed by atoms with Crippen LogP contribution in [-0.2, 0) is 0 Å². The predicted molar refractivity (Wildman–Crippen MR) is 78.9 cm³/mol. The molecule has 0 aromatic rings. The van der Waals surface area contributed by atoms with Gasteiger partial charge < -0.3 is 10.2 Å². The van der Waals surface area contributed by atoms with Crippen molar-refractivity contribution >= 4 is 0 Å². The van der Waals surface area contributed by atoms with Gasteiger partial charge in [-0.2, -0.15) is 0 Å². The van der Waals surface area contributed by atoms with Crippen molar-refractivity contribution in [1.82, 2.24) is 10.2 Å². The molecule has 3 unspecified atom stereocenters. The molecule has 106 valence electrons. The molecule has 2 nitrogen and oxygen atoms in total. The van der Waals surface area contributed by atoms with Crippen LogP contribution in [0.25, 0.3) is 0 Å². The van der Waals surface area contributed by atoms with Crippen molar-refractivity contribution in [2.75, 3.05) is 13.1 Å². The molecule has 0 spiro atoms. The fourth-order valence-corrected chi connectivity index (χ4v) is 3.76. The normalized spacial score (nSPS) is 38.3. The first-order chi connectivity index (χ1) is 8.50. The molecule has 0 amide bonds. The average Bonchev–Trinajstić information content (AvgIpc) is 2.64. The summed E-state index contributed by atoms with van der Waals surface area (Å²) in [5, 5.41) is 3.77. The minimum Gasteiger partial charge on any atom is -0.311 e. The van der Waals surface area contributed by atoms with E-state index in [1.807, 2.05) is 0 Å². The molecule has 3 atom stereocenters. The first kappa shape index (κ1) is 14.3. The van der Waals surface area contributed by atoms with E-state index in [9.17, 15) is 0 Å². The van der Waals surface area contributed by atoms with Crippen LogP contribution in [0.4, 0.5) is 0 Å². The van der Waals surface area contributed by atoms with Crippen LogP contribution in [0.15, 0.2) is 0 Å². The Balaban J connectivity index is 1.92. The van der Waals surface area contributed by atoms with E-state index in [1.165, 1.54) is 51.6 Å². The Kier molecular flexibility index (Phi) is 4.71. The molecule has 1 heterocycles. The van der Waals surface area contributed by atoms with Crippen molar-refractivity contribution in [2.24, 2.45) is 5.41 Å². The van der Waals surface area contributed by atoms with Gasteiger partial charge in [-0.05, 0) is 64.0 Å². The summed E-state index contributed by atoms with van der Waals surface area (Å²) in [5.74, 6) is 0. The van der Waals surface area contributed by atoms with Crippen LogP contribution < -0.4 is 5.32 Å². The molecule has 1 saturated heterocycles. The second-order valence-corrected chi connectivity index (χ2v) is 7.35. The molecule has 1 aliphatic heterocycles. The van der Waals surface area contributed by atoms with Crippen molar-refractivity contribution in [1.29, 1.82) is 0 Å². The lowest BCUT2D eigenvalue weighted by Gasteiger charge is -2.36. The Hall–Kier alpha value is -0.0800. The molecular formula is C16H32N2. The molecule has 1 saturated carbocycles. The zero-order valence-electron chi connectivity index (χ0n) is 12.8. The molecule has 0 aromatic carbocycles. The van der Waals surface area contributed by atoms with Crippen molar-refractivity contribution in [3.05, 3.63) is 0 Å². The van der Waals surface area contributed by atoms with E-state index in [1.54, 1.807) is 0 Å². The molecule has 2 fully saturated rings. The van der Waals surface area contributed by atoms with Crippen LogP contribution in [0.3, 0.4) is 0 Å². The highest BCUT2D eigenvalue weighted by Gasteiger charge is 2.34. The largest absolute Gasteiger partial charge is 0.311 e. The molecule has 2 aliphatic rings. The van der Waals surface area contributed by atoms with Crippen LogP contribution in [0, 0.1) is 5.41 Å². The Morgan fingerprint density at radius 1 is 1.17 bits per heavy atom. The van der Waals surface area contributed by atoms with Crippen molar-refractivity contribution < 1.29 is 0 Å². The van der Waals surface area contributed by atoms with Crippen molar-refractivity contribution in [2.45, 2.75) is 84.3 Å². The molecule has 0 radical (unpaired) electrons. The summed E-state index contributed by atoms with van der Waals surface area (Å²) < 4.78 is 0. The Morgan fingerprint density at radius 2 is 1.89 bits per heavy atom. The summed E-state index contributed by atoms with van der Waals surface area (Å²) in [6.45, 7) is 12.1. The third-order valence-corrected chi connectivity index (χ3v) is 5.09. The lowest BCUT2D eigenvalue weighted by atomic mass is 9.91. The lowest BCUT2D eigenvalue weighted by Crippen LogP contribution is -2.46. The summed E-state index contributed by atoms with van der Waals surface area (Å²) in [5.41, 5.74) is 0.584. The van der Waals surface area contributed by atoms with Gasteiger partial charge in [0, 0.05) is 18.1 Å². The maximum Gasteiger partial charge on any atom is 0.0101 e. The maximum absolute atomic E-state index is 3.77. The maximum atomic E-state index is 3.77. The van der Waals surface area contributed by atoms with Gasteiger partial charge in [0.15, 0.2) is 0 Å². The van der Waals surface area contributed by atoms with Crippen molar-refractivity contribution in [3.8, 4) is 0 Å². The van der Waals surface area contributed by atoms with E-state index in [0.717, 1.165) is 12.1 Å². The third-order valence-electron chi connectivity index (χ3n) is 5.09. The summed E-state index contributed by atoms with van der Waals surface area (Å²) in [6.07, 6.45) is 8.16. The van der Waals surface area contributed by atoms with Gasteiger partial charge in [-0.3, -0.25) is 0 Å². The van der Waals surface area contributed by atoms with Gasteiger partial charge in [-0.25, -0.2) is 0 Å². The van der Waals surface area contributed by atoms with Crippen LogP contribution in [-0.4, -0.2) is 36.1 Å². The summed E-state index contributed by atoms with van der Waals surface area (Å²) in [4.78, 5) is 2.80. The fourth-order valence-electron chi connectivity index (χ4n) is 3.76. The monoisotopic (exact) mass is 252 g/mol. The molecule has 0 aromatic heterocycles. The Labute approximate surface area is 114 Å². The van der Waals surface area contributed by atoms with Gasteiger partial charge in [-0.15, -0.1) is 0 Å². The van der Waals surface area contributed by atoms with Crippen LogP contribution in [0.1, 0.15) is 66.2 Å². The van der Waals surface area contributed by atoms with Gasteiger partial charge in [-0.1, -0.05) is 20.8 Å². The molecule has 2 heteroatoms. The predicted octanol–water partition coefficient (Wildman–Crippen LogP) is 3.42. The smallest absolute Gasteiger partial charge is 0.0101 e. The molecule has 1 aliphatic carbocycles. The molecule has 2 rings (SSSR count). The van der Waals surface area contributed by atoms with Gasteiger partial charge in [0.1, 0.15) is 0 Å². The summed E-state index contributed by atoms with van der Waals surface area (Å²) >= 11 is 0. The number of rotatable bonds is 2.